The first-order valence-corrected chi connectivity index (χ1v) is 6.86. The molecule has 0 spiro atoms. The minimum Gasteiger partial charge on any atom is -0.338 e. The number of hydrogen-bond acceptors (Lipinski definition) is 3. The summed E-state index contributed by atoms with van der Waals surface area (Å²) >= 11 is 0. The maximum Gasteiger partial charge on any atom is 0.285 e. The van der Waals surface area contributed by atoms with E-state index in [-0.39, 0.29) is 0 Å². The van der Waals surface area contributed by atoms with Crippen molar-refractivity contribution in [2.24, 2.45) is 5.92 Å². The lowest BCUT2D eigenvalue weighted by atomic mass is 10.0. The van der Waals surface area contributed by atoms with Crippen molar-refractivity contribution in [2.45, 2.75) is 26.2 Å². The number of rotatable bonds is 4. The van der Waals surface area contributed by atoms with Gasteiger partial charge < -0.3 is 4.90 Å². The number of carbonyl (C=O) groups is 1. The van der Waals surface area contributed by atoms with Gasteiger partial charge in [-0.1, -0.05) is 13.3 Å². The Bertz CT molecular complexity index is 578. The van der Waals surface area contributed by atoms with Gasteiger partial charge in [0.1, 0.15) is 5.56 Å². The zero-order valence-corrected chi connectivity index (χ0v) is 11.6. The number of nitrogens with zero attached hydrogens (tertiary/aromatic N) is 2. The number of nitro groups is 1. The number of benzene rings is 1. The maximum absolute atomic E-state index is 13.3. The molecule has 114 valence electrons. The molecule has 1 aromatic carbocycles. The molecule has 0 aromatic heterocycles. The summed E-state index contributed by atoms with van der Waals surface area (Å²) in [7, 11) is 0. The van der Waals surface area contributed by atoms with Gasteiger partial charge in [0.2, 0.25) is 0 Å². The van der Waals surface area contributed by atoms with Gasteiger partial charge in [0.05, 0.1) is 11.0 Å². The van der Waals surface area contributed by atoms with Crippen molar-refractivity contribution < 1.29 is 18.5 Å². The molecule has 1 aromatic rings. The van der Waals surface area contributed by atoms with Crippen LogP contribution in [0.4, 0.5) is 14.5 Å². The molecule has 2 rings (SSSR count). The van der Waals surface area contributed by atoms with E-state index in [0.29, 0.717) is 31.1 Å². The fourth-order valence-electron chi connectivity index (χ4n) is 2.69. The van der Waals surface area contributed by atoms with Gasteiger partial charge in [0, 0.05) is 13.1 Å². The zero-order chi connectivity index (χ0) is 15.6. The summed E-state index contributed by atoms with van der Waals surface area (Å²) in [6.07, 6.45) is 2.80. The van der Waals surface area contributed by atoms with Gasteiger partial charge in [0.25, 0.3) is 11.6 Å². The molecule has 0 saturated carbocycles. The lowest BCUT2D eigenvalue weighted by molar-refractivity contribution is -0.385. The van der Waals surface area contributed by atoms with Crippen LogP contribution in [0.15, 0.2) is 12.1 Å². The van der Waals surface area contributed by atoms with E-state index >= 15 is 0 Å². The topological polar surface area (TPSA) is 63.5 Å². The third-order valence-electron chi connectivity index (χ3n) is 3.74. The molecule has 1 atom stereocenters. The van der Waals surface area contributed by atoms with Crippen LogP contribution in [0.5, 0.6) is 0 Å². The molecule has 0 bridgehead atoms. The normalized spacial score (nSPS) is 18.0. The van der Waals surface area contributed by atoms with Gasteiger partial charge in [-0.3, -0.25) is 14.9 Å². The summed E-state index contributed by atoms with van der Waals surface area (Å²) in [4.78, 5) is 23.8. The summed E-state index contributed by atoms with van der Waals surface area (Å²) in [6.45, 7) is 3.03. The molecule has 1 aliphatic heterocycles. The van der Waals surface area contributed by atoms with Crippen LogP contribution in [0, 0.1) is 27.7 Å². The average Bonchev–Trinajstić information content (AvgIpc) is 2.89. The maximum atomic E-state index is 13.3. The second kappa shape index (κ2) is 6.15. The van der Waals surface area contributed by atoms with Crippen LogP contribution in [-0.2, 0) is 0 Å². The molecule has 0 radical (unpaired) electrons. The molecule has 0 aliphatic carbocycles. The van der Waals surface area contributed by atoms with Crippen LogP contribution in [0.25, 0.3) is 0 Å². The number of carbonyl (C=O) groups excluding carboxylic acids is 1. The Labute approximate surface area is 120 Å². The molecule has 1 fully saturated rings. The van der Waals surface area contributed by atoms with Gasteiger partial charge in [-0.2, -0.15) is 0 Å². The Morgan fingerprint density at radius 1 is 1.43 bits per heavy atom. The highest BCUT2D eigenvalue weighted by molar-refractivity contribution is 5.98. The van der Waals surface area contributed by atoms with Gasteiger partial charge in [0.15, 0.2) is 11.6 Å². The average molecular weight is 298 g/mol. The van der Waals surface area contributed by atoms with Crippen molar-refractivity contribution in [3.63, 3.8) is 0 Å². The first-order valence-electron chi connectivity index (χ1n) is 6.86. The second-order valence-corrected chi connectivity index (χ2v) is 5.24. The van der Waals surface area contributed by atoms with Crippen LogP contribution in [0.2, 0.25) is 0 Å². The van der Waals surface area contributed by atoms with E-state index in [2.05, 4.69) is 0 Å². The fraction of sp³-hybridized carbons (Fsp3) is 0.500. The summed E-state index contributed by atoms with van der Waals surface area (Å²) in [5.74, 6) is -2.83. The molecule has 21 heavy (non-hydrogen) atoms. The molecular weight excluding hydrogens is 282 g/mol. The lowest BCUT2D eigenvalue weighted by Gasteiger charge is -2.16. The third-order valence-corrected chi connectivity index (χ3v) is 3.74. The van der Waals surface area contributed by atoms with E-state index < -0.39 is 33.7 Å². The van der Waals surface area contributed by atoms with Gasteiger partial charge in [-0.25, -0.2) is 8.78 Å². The molecule has 7 heteroatoms. The van der Waals surface area contributed by atoms with Gasteiger partial charge in [-0.15, -0.1) is 0 Å². The van der Waals surface area contributed by atoms with E-state index in [1.165, 1.54) is 4.90 Å². The quantitative estimate of drug-likeness (QED) is 0.633. The number of likely N-dealkylation sites (tertiary alicyclic amines) is 1. The largest absolute Gasteiger partial charge is 0.338 e. The molecule has 1 amide bonds. The van der Waals surface area contributed by atoms with E-state index in [9.17, 15) is 23.7 Å². The molecule has 0 N–H and O–H groups in total. The minimum absolute atomic E-state index is 0.364. The van der Waals surface area contributed by atoms with E-state index in [1.807, 2.05) is 6.92 Å². The Morgan fingerprint density at radius 2 is 2.10 bits per heavy atom. The fourth-order valence-corrected chi connectivity index (χ4v) is 2.69. The Kier molecular flexibility index (Phi) is 4.50. The van der Waals surface area contributed by atoms with Crippen molar-refractivity contribution >= 4 is 11.6 Å². The minimum atomic E-state index is -1.33. The van der Waals surface area contributed by atoms with Gasteiger partial charge in [-0.05, 0) is 24.8 Å². The first-order chi connectivity index (χ1) is 9.93. The van der Waals surface area contributed by atoms with Crippen molar-refractivity contribution in [3.05, 3.63) is 39.4 Å². The van der Waals surface area contributed by atoms with Gasteiger partial charge >= 0.3 is 0 Å². The lowest BCUT2D eigenvalue weighted by Crippen LogP contribution is -2.29. The van der Waals surface area contributed by atoms with Crippen molar-refractivity contribution in [2.75, 3.05) is 13.1 Å². The zero-order valence-electron chi connectivity index (χ0n) is 11.6. The van der Waals surface area contributed by atoms with Crippen LogP contribution >= 0.6 is 0 Å². The van der Waals surface area contributed by atoms with Crippen molar-refractivity contribution in [1.29, 1.82) is 0 Å². The Hall–Kier alpha value is -2.05. The summed E-state index contributed by atoms with van der Waals surface area (Å²) in [5.41, 5.74) is -1.09. The molecule has 5 nitrogen and oxygen atoms in total. The van der Waals surface area contributed by atoms with Crippen molar-refractivity contribution in [1.82, 2.24) is 4.90 Å². The highest BCUT2D eigenvalue weighted by atomic mass is 19.2. The number of hydrogen-bond donors (Lipinski definition) is 0. The standard InChI is InChI=1S/C14H16F2N2O3/c1-2-3-9-4-5-17(8-9)14(19)10-6-11(15)12(16)7-13(10)18(20)21/h6-7,9H,2-5,8H2,1H3. The molecule has 1 heterocycles. The smallest absolute Gasteiger partial charge is 0.285 e. The Morgan fingerprint density at radius 3 is 2.71 bits per heavy atom. The number of nitro benzene ring substituents is 1. The van der Waals surface area contributed by atoms with Crippen LogP contribution in [0.1, 0.15) is 36.5 Å². The summed E-state index contributed by atoms with van der Waals surface area (Å²) in [5, 5.41) is 10.9. The highest BCUT2D eigenvalue weighted by Crippen LogP contribution is 2.27. The monoisotopic (exact) mass is 298 g/mol. The van der Waals surface area contributed by atoms with E-state index in [1.54, 1.807) is 0 Å². The predicted octanol–water partition coefficient (Wildman–Crippen LogP) is 3.14. The molecular formula is C14H16F2N2O3. The van der Waals surface area contributed by atoms with E-state index in [4.69, 9.17) is 0 Å². The molecule has 1 aliphatic rings. The SMILES string of the molecule is CCCC1CCN(C(=O)c2cc(F)c(F)cc2[N+](=O)[O-])C1. The molecule has 1 unspecified atom stereocenters. The third kappa shape index (κ3) is 3.17. The van der Waals surface area contributed by atoms with Crippen molar-refractivity contribution in [3.8, 4) is 0 Å². The number of halogens is 2. The summed E-state index contributed by atoms with van der Waals surface area (Å²) < 4.78 is 26.4. The molecule has 1 saturated heterocycles. The highest BCUT2D eigenvalue weighted by Gasteiger charge is 2.31. The first kappa shape index (κ1) is 15.3. The van der Waals surface area contributed by atoms with Crippen LogP contribution in [-0.4, -0.2) is 28.8 Å². The van der Waals surface area contributed by atoms with Crippen LogP contribution < -0.4 is 0 Å². The van der Waals surface area contributed by atoms with E-state index in [0.717, 1.165) is 19.3 Å². The number of amides is 1. The second-order valence-electron chi connectivity index (χ2n) is 5.24. The summed E-state index contributed by atoms with van der Waals surface area (Å²) in [6, 6.07) is 1.07. The predicted molar refractivity (Wildman–Crippen MR) is 71.9 cm³/mol. The Balaban J connectivity index is 2.27. The van der Waals surface area contributed by atoms with Crippen LogP contribution in [0.3, 0.4) is 0 Å².